The van der Waals surface area contributed by atoms with E-state index in [0.29, 0.717) is 35.1 Å². The zero-order valence-corrected chi connectivity index (χ0v) is 21.8. The van der Waals surface area contributed by atoms with Crippen LogP contribution >= 0.6 is 11.6 Å². The first-order chi connectivity index (χ1) is 17.0. The van der Waals surface area contributed by atoms with Gasteiger partial charge in [0.2, 0.25) is 5.95 Å². The summed E-state index contributed by atoms with van der Waals surface area (Å²) in [6.07, 6.45) is 1.34. The summed E-state index contributed by atoms with van der Waals surface area (Å²) in [6, 6.07) is 9.89. The first kappa shape index (κ1) is 26.2. The standard InChI is InChI=1S/C27H32ClFN4O3/c1-26(2)24(27(3,4)25(26)36-18-6-5-17(14-30)19(28)13-18)32-23(35)20-7-8-21(22(29)31-20)33-11-9-16(15-34)10-12-33/h5-8,13,16,24-25,34H,9-12,15H2,1-4H3,(H,32,35)/t24-,25-. The van der Waals surface area contributed by atoms with Crippen molar-refractivity contribution in [1.29, 1.82) is 5.26 Å². The number of aliphatic hydroxyl groups is 1. The number of nitriles is 1. The Hall–Kier alpha value is -2.89. The predicted octanol–water partition coefficient (Wildman–Crippen LogP) is 4.57. The van der Waals surface area contributed by atoms with E-state index in [1.54, 1.807) is 30.3 Å². The number of halogens is 2. The molecule has 1 amide bonds. The summed E-state index contributed by atoms with van der Waals surface area (Å²) in [6.45, 7) is 9.46. The molecule has 0 unspecified atom stereocenters. The topological polar surface area (TPSA) is 98.5 Å². The van der Waals surface area contributed by atoms with Crippen molar-refractivity contribution < 1.29 is 19.0 Å². The number of aliphatic hydroxyl groups excluding tert-OH is 1. The summed E-state index contributed by atoms with van der Waals surface area (Å²) in [5.41, 5.74) is -0.0933. The van der Waals surface area contributed by atoms with Gasteiger partial charge in [0.15, 0.2) is 0 Å². The first-order valence-corrected chi connectivity index (χ1v) is 12.6. The molecule has 1 aliphatic heterocycles. The van der Waals surface area contributed by atoms with Crippen LogP contribution in [0.1, 0.15) is 56.6 Å². The summed E-state index contributed by atoms with van der Waals surface area (Å²) < 4.78 is 21.1. The number of aromatic nitrogens is 1. The molecule has 9 heteroatoms. The Balaban J connectivity index is 1.44. The fourth-order valence-electron chi connectivity index (χ4n) is 5.95. The number of anilines is 1. The first-order valence-electron chi connectivity index (χ1n) is 12.2. The molecule has 0 atom stereocenters. The maximum absolute atomic E-state index is 14.9. The maximum atomic E-state index is 14.9. The Morgan fingerprint density at radius 1 is 1.25 bits per heavy atom. The third-order valence-corrected chi connectivity index (χ3v) is 8.02. The molecule has 2 aromatic rings. The molecule has 2 heterocycles. The van der Waals surface area contributed by atoms with E-state index >= 15 is 0 Å². The molecule has 2 fully saturated rings. The van der Waals surface area contributed by atoms with E-state index in [0.717, 1.165) is 12.8 Å². The van der Waals surface area contributed by atoms with Crippen LogP contribution in [0.2, 0.25) is 5.02 Å². The van der Waals surface area contributed by atoms with E-state index in [-0.39, 0.29) is 30.4 Å². The number of rotatable bonds is 6. The van der Waals surface area contributed by atoms with Gasteiger partial charge in [-0.3, -0.25) is 4.79 Å². The van der Waals surface area contributed by atoms with Crippen LogP contribution in [0.4, 0.5) is 10.1 Å². The molecule has 1 aromatic carbocycles. The van der Waals surface area contributed by atoms with Crippen molar-refractivity contribution in [2.24, 2.45) is 16.7 Å². The number of ether oxygens (including phenoxy) is 1. The number of piperidine rings is 1. The third kappa shape index (κ3) is 4.74. The molecule has 36 heavy (non-hydrogen) atoms. The zero-order chi connectivity index (χ0) is 26.3. The number of carbonyl (C=O) groups excluding carboxylic acids is 1. The SMILES string of the molecule is CC1(C)[C@H](NC(=O)c2ccc(N3CCC(CO)CC3)c(F)n2)C(C)(C)[C@H]1Oc1ccc(C#N)c(Cl)c1. The Morgan fingerprint density at radius 3 is 2.47 bits per heavy atom. The van der Waals surface area contributed by atoms with Crippen molar-refractivity contribution in [3.8, 4) is 11.8 Å². The minimum Gasteiger partial charge on any atom is -0.489 e. The zero-order valence-electron chi connectivity index (χ0n) is 21.0. The summed E-state index contributed by atoms with van der Waals surface area (Å²) >= 11 is 6.16. The summed E-state index contributed by atoms with van der Waals surface area (Å²) in [5, 5.41) is 21.8. The van der Waals surface area contributed by atoms with E-state index in [2.05, 4.69) is 10.3 Å². The van der Waals surface area contributed by atoms with Gasteiger partial charge in [0.05, 0.1) is 16.3 Å². The molecule has 0 spiro atoms. The van der Waals surface area contributed by atoms with Gasteiger partial charge in [0.1, 0.15) is 23.6 Å². The monoisotopic (exact) mass is 514 g/mol. The van der Waals surface area contributed by atoms with Gasteiger partial charge in [-0.2, -0.15) is 9.65 Å². The Morgan fingerprint density at radius 2 is 1.92 bits per heavy atom. The lowest BCUT2D eigenvalue weighted by atomic mass is 9.49. The van der Waals surface area contributed by atoms with Gasteiger partial charge >= 0.3 is 0 Å². The van der Waals surface area contributed by atoms with Crippen LogP contribution in [0, 0.1) is 34.0 Å². The second-order valence-electron chi connectivity index (χ2n) is 10.9. The highest BCUT2D eigenvalue weighted by Crippen LogP contribution is 2.55. The highest BCUT2D eigenvalue weighted by Gasteiger charge is 2.64. The molecule has 1 saturated heterocycles. The summed E-state index contributed by atoms with van der Waals surface area (Å²) in [7, 11) is 0. The highest BCUT2D eigenvalue weighted by molar-refractivity contribution is 6.31. The van der Waals surface area contributed by atoms with Crippen LogP contribution in [-0.2, 0) is 0 Å². The van der Waals surface area contributed by atoms with Crippen molar-refractivity contribution in [3.63, 3.8) is 0 Å². The van der Waals surface area contributed by atoms with Crippen LogP contribution in [0.15, 0.2) is 30.3 Å². The number of hydrogen-bond donors (Lipinski definition) is 2. The molecule has 1 aliphatic carbocycles. The van der Waals surface area contributed by atoms with Gasteiger partial charge in [-0.15, -0.1) is 0 Å². The summed E-state index contributed by atoms with van der Waals surface area (Å²) in [4.78, 5) is 18.9. The lowest BCUT2D eigenvalue weighted by Gasteiger charge is -2.63. The van der Waals surface area contributed by atoms with Crippen LogP contribution in [0.25, 0.3) is 0 Å². The van der Waals surface area contributed by atoms with Crippen LogP contribution < -0.4 is 15.0 Å². The average molecular weight is 515 g/mol. The molecule has 0 bridgehead atoms. The van der Waals surface area contributed by atoms with Crippen LogP contribution in [0.5, 0.6) is 5.75 Å². The molecular weight excluding hydrogens is 483 g/mol. The number of nitrogens with one attached hydrogen (secondary N) is 1. The van der Waals surface area contributed by atoms with Gasteiger partial charge in [0, 0.05) is 42.6 Å². The van der Waals surface area contributed by atoms with Crippen molar-refractivity contribution >= 4 is 23.2 Å². The third-order valence-electron chi connectivity index (χ3n) is 7.71. The van der Waals surface area contributed by atoms with Gasteiger partial charge in [-0.1, -0.05) is 39.3 Å². The highest BCUT2D eigenvalue weighted by atomic mass is 35.5. The molecule has 2 aliphatic rings. The van der Waals surface area contributed by atoms with Gasteiger partial charge in [-0.05, 0) is 43.0 Å². The number of hydrogen-bond acceptors (Lipinski definition) is 6. The van der Waals surface area contributed by atoms with Gasteiger partial charge in [0.25, 0.3) is 5.91 Å². The van der Waals surface area contributed by atoms with Gasteiger partial charge < -0.3 is 20.1 Å². The van der Waals surface area contributed by atoms with E-state index in [1.165, 1.54) is 0 Å². The Kier molecular flexibility index (Phi) is 7.18. The molecular formula is C27H32ClFN4O3. The molecule has 1 saturated carbocycles. The number of nitrogens with zero attached hydrogens (tertiary/aromatic N) is 3. The normalized spacial score (nSPS) is 22.9. The van der Waals surface area contributed by atoms with E-state index in [1.807, 2.05) is 38.7 Å². The number of benzene rings is 1. The van der Waals surface area contributed by atoms with E-state index in [4.69, 9.17) is 21.6 Å². The second kappa shape index (κ2) is 9.87. The quantitative estimate of drug-likeness (QED) is 0.548. The van der Waals surface area contributed by atoms with Crippen molar-refractivity contribution in [2.45, 2.75) is 52.7 Å². The van der Waals surface area contributed by atoms with Crippen LogP contribution in [-0.4, -0.2) is 47.8 Å². The number of amides is 1. The molecule has 4 rings (SSSR count). The molecule has 7 nitrogen and oxygen atoms in total. The maximum Gasteiger partial charge on any atom is 0.270 e. The fourth-order valence-corrected chi connectivity index (χ4v) is 6.16. The summed E-state index contributed by atoms with van der Waals surface area (Å²) in [5.74, 6) is -0.308. The molecule has 192 valence electrons. The lowest BCUT2D eigenvalue weighted by molar-refractivity contribution is -0.164. The smallest absolute Gasteiger partial charge is 0.270 e. The largest absolute Gasteiger partial charge is 0.489 e. The number of carbonyl (C=O) groups is 1. The molecule has 0 radical (unpaired) electrons. The fraction of sp³-hybridized carbons (Fsp3) is 0.519. The minimum atomic E-state index is -0.670. The second-order valence-corrected chi connectivity index (χ2v) is 11.3. The molecule has 1 aromatic heterocycles. The van der Waals surface area contributed by atoms with Crippen molar-refractivity contribution in [2.75, 3.05) is 24.6 Å². The van der Waals surface area contributed by atoms with Crippen molar-refractivity contribution in [3.05, 3.63) is 52.6 Å². The average Bonchev–Trinajstić information content (AvgIpc) is 2.85. The van der Waals surface area contributed by atoms with E-state index in [9.17, 15) is 14.3 Å². The Bertz CT molecular complexity index is 1170. The van der Waals surface area contributed by atoms with Crippen molar-refractivity contribution in [1.82, 2.24) is 10.3 Å². The molecule has 2 N–H and O–H groups in total. The number of pyridine rings is 1. The Labute approximate surface area is 216 Å². The minimum absolute atomic E-state index is 0.0244. The predicted molar refractivity (Wildman–Crippen MR) is 136 cm³/mol. The van der Waals surface area contributed by atoms with E-state index < -0.39 is 22.7 Å². The lowest BCUT2D eigenvalue weighted by Crippen LogP contribution is -2.74. The van der Waals surface area contributed by atoms with Crippen LogP contribution in [0.3, 0.4) is 0 Å². The van der Waals surface area contributed by atoms with Gasteiger partial charge in [-0.25, -0.2) is 4.98 Å².